The molecule has 2 N–H and O–H groups in total. The zero-order chi connectivity index (χ0) is 22.8. The number of allylic oxidation sites excluding steroid dienone is 2. The van der Waals surface area contributed by atoms with Crippen LogP contribution in [0.4, 0.5) is 0 Å². The summed E-state index contributed by atoms with van der Waals surface area (Å²) in [6.45, 7) is 4.90. The maximum absolute atomic E-state index is 12.8. The standard InChI is InChI=1S/C25H30N6O2.HI/c1-2-27-25(29-14-17-4-3-5-18(12-17)15-30-10-8-26-16-30)28-9-11-31-23(32)21-19-6-7-20(13-19)22(21)24(31)33;/h3-8,10,12,16,19-22H,2,9,11,13-15H2,1H3,(H2,27,28,29);1H. The molecule has 2 heterocycles. The van der Waals surface area contributed by atoms with Crippen LogP contribution in [-0.4, -0.2) is 51.9 Å². The molecule has 1 aromatic heterocycles. The summed E-state index contributed by atoms with van der Waals surface area (Å²) < 4.78 is 2.03. The average molecular weight is 574 g/mol. The van der Waals surface area contributed by atoms with Crippen molar-refractivity contribution in [2.45, 2.75) is 26.4 Å². The Labute approximate surface area is 216 Å². The highest BCUT2D eigenvalue weighted by molar-refractivity contribution is 14.0. The number of aliphatic imine (C=N–C) groups is 1. The van der Waals surface area contributed by atoms with Crippen LogP contribution in [0.5, 0.6) is 0 Å². The van der Waals surface area contributed by atoms with E-state index in [0.29, 0.717) is 25.6 Å². The predicted molar refractivity (Wildman–Crippen MR) is 140 cm³/mol. The van der Waals surface area contributed by atoms with Crippen molar-refractivity contribution >= 4 is 41.8 Å². The predicted octanol–water partition coefficient (Wildman–Crippen LogP) is 2.41. The van der Waals surface area contributed by atoms with Crippen LogP contribution in [0.2, 0.25) is 0 Å². The van der Waals surface area contributed by atoms with E-state index in [1.54, 1.807) is 6.20 Å². The normalized spacial score (nSPS) is 25.0. The Balaban J connectivity index is 0.00000274. The van der Waals surface area contributed by atoms with Gasteiger partial charge in [0.15, 0.2) is 5.96 Å². The Bertz CT molecular complexity index is 1050. The lowest BCUT2D eigenvalue weighted by Gasteiger charge is -2.18. The molecule has 34 heavy (non-hydrogen) atoms. The summed E-state index contributed by atoms with van der Waals surface area (Å²) in [6.07, 6.45) is 10.7. The number of aromatic nitrogens is 2. The van der Waals surface area contributed by atoms with Crippen molar-refractivity contribution in [3.63, 3.8) is 0 Å². The lowest BCUT2D eigenvalue weighted by Crippen LogP contribution is -2.43. The van der Waals surface area contributed by atoms with Gasteiger partial charge in [-0.1, -0.05) is 36.4 Å². The van der Waals surface area contributed by atoms with Crippen LogP contribution in [-0.2, 0) is 22.7 Å². The first kappa shape index (κ1) is 24.4. The SMILES string of the molecule is CCNC(=NCc1cccc(Cn2ccnc2)c1)NCCN1C(=O)C2C3C=CC(C3)C2C1=O.I. The lowest BCUT2D eigenvalue weighted by molar-refractivity contribution is -0.140. The Morgan fingerprint density at radius 3 is 2.53 bits per heavy atom. The van der Waals surface area contributed by atoms with Gasteiger partial charge in [-0.25, -0.2) is 9.98 Å². The number of amides is 2. The van der Waals surface area contributed by atoms with Gasteiger partial charge in [0, 0.05) is 38.6 Å². The molecule has 4 unspecified atom stereocenters. The molecule has 4 atom stereocenters. The first-order valence-corrected chi connectivity index (χ1v) is 11.7. The Hall–Kier alpha value is -2.69. The molecule has 1 aliphatic heterocycles. The van der Waals surface area contributed by atoms with Crippen molar-refractivity contribution in [2.24, 2.45) is 28.7 Å². The topological polar surface area (TPSA) is 91.6 Å². The second-order valence-electron chi connectivity index (χ2n) is 9.00. The third-order valence-electron chi connectivity index (χ3n) is 6.87. The number of guanidine groups is 1. The average Bonchev–Trinajstić information content (AvgIpc) is 3.60. The van der Waals surface area contributed by atoms with Crippen molar-refractivity contribution in [1.29, 1.82) is 0 Å². The largest absolute Gasteiger partial charge is 0.357 e. The minimum Gasteiger partial charge on any atom is -0.357 e. The third kappa shape index (κ3) is 4.89. The smallest absolute Gasteiger partial charge is 0.233 e. The monoisotopic (exact) mass is 574 g/mol. The van der Waals surface area contributed by atoms with Crippen LogP contribution in [0, 0.1) is 23.7 Å². The van der Waals surface area contributed by atoms with E-state index in [1.165, 1.54) is 10.5 Å². The number of carbonyl (C=O) groups is 2. The Morgan fingerprint density at radius 2 is 1.85 bits per heavy atom. The van der Waals surface area contributed by atoms with E-state index < -0.39 is 0 Å². The van der Waals surface area contributed by atoms with Gasteiger partial charge in [0.05, 0.1) is 24.7 Å². The molecule has 2 fully saturated rings. The number of benzene rings is 1. The summed E-state index contributed by atoms with van der Waals surface area (Å²) in [6, 6.07) is 8.35. The minimum atomic E-state index is -0.135. The molecule has 0 radical (unpaired) electrons. The van der Waals surface area contributed by atoms with Gasteiger partial charge in [0.1, 0.15) is 0 Å². The molecule has 1 saturated heterocycles. The van der Waals surface area contributed by atoms with Crippen LogP contribution in [0.1, 0.15) is 24.5 Å². The number of rotatable bonds is 8. The Morgan fingerprint density at radius 1 is 1.12 bits per heavy atom. The molecule has 1 aromatic carbocycles. The molecule has 5 rings (SSSR count). The van der Waals surface area contributed by atoms with E-state index in [2.05, 4.69) is 46.0 Å². The zero-order valence-corrected chi connectivity index (χ0v) is 21.6. The lowest BCUT2D eigenvalue weighted by atomic mass is 9.85. The quantitative estimate of drug-likeness (QED) is 0.166. The summed E-state index contributed by atoms with van der Waals surface area (Å²) >= 11 is 0. The summed E-state index contributed by atoms with van der Waals surface area (Å²) in [5.41, 5.74) is 2.31. The van der Waals surface area contributed by atoms with Crippen LogP contribution >= 0.6 is 24.0 Å². The highest BCUT2D eigenvalue weighted by Gasteiger charge is 2.58. The molecule has 2 aromatic rings. The van der Waals surface area contributed by atoms with Gasteiger partial charge in [0.25, 0.3) is 0 Å². The van der Waals surface area contributed by atoms with Crippen molar-refractivity contribution in [1.82, 2.24) is 25.1 Å². The maximum atomic E-state index is 12.8. The fraction of sp³-hybridized carbons (Fsp3) is 0.440. The molecular weight excluding hydrogens is 543 g/mol. The van der Waals surface area contributed by atoms with E-state index >= 15 is 0 Å². The maximum Gasteiger partial charge on any atom is 0.233 e. The van der Waals surface area contributed by atoms with Gasteiger partial charge in [-0.15, -0.1) is 24.0 Å². The highest BCUT2D eigenvalue weighted by Crippen LogP contribution is 2.52. The van der Waals surface area contributed by atoms with Crippen LogP contribution in [0.3, 0.4) is 0 Å². The number of fused-ring (bicyclic) bond motifs is 5. The van der Waals surface area contributed by atoms with Gasteiger partial charge in [-0.2, -0.15) is 0 Å². The van der Waals surface area contributed by atoms with Gasteiger partial charge >= 0.3 is 0 Å². The summed E-state index contributed by atoms with van der Waals surface area (Å²) in [4.78, 5) is 35.9. The number of imidazole rings is 1. The number of likely N-dealkylation sites (tertiary alicyclic amines) is 1. The first-order valence-electron chi connectivity index (χ1n) is 11.7. The molecule has 1 saturated carbocycles. The van der Waals surface area contributed by atoms with Gasteiger partial charge in [0.2, 0.25) is 11.8 Å². The molecule has 2 aliphatic carbocycles. The van der Waals surface area contributed by atoms with Crippen LogP contribution in [0.25, 0.3) is 0 Å². The molecule has 8 nitrogen and oxygen atoms in total. The fourth-order valence-corrected chi connectivity index (χ4v) is 5.40. The van der Waals surface area contributed by atoms with E-state index in [4.69, 9.17) is 4.99 Å². The second kappa shape index (κ2) is 10.7. The number of carbonyl (C=O) groups excluding carboxylic acids is 2. The van der Waals surface area contributed by atoms with Crippen LogP contribution < -0.4 is 10.6 Å². The Kier molecular flexibility index (Phi) is 7.70. The van der Waals surface area contributed by atoms with Crippen molar-refractivity contribution in [3.8, 4) is 0 Å². The number of hydrogen-bond donors (Lipinski definition) is 2. The second-order valence-corrected chi connectivity index (χ2v) is 9.00. The van der Waals surface area contributed by atoms with E-state index in [9.17, 15) is 9.59 Å². The third-order valence-corrected chi connectivity index (χ3v) is 6.87. The van der Waals surface area contributed by atoms with Crippen molar-refractivity contribution in [3.05, 3.63) is 66.3 Å². The van der Waals surface area contributed by atoms with Gasteiger partial charge in [-0.3, -0.25) is 14.5 Å². The number of nitrogens with zero attached hydrogens (tertiary/aromatic N) is 4. The van der Waals surface area contributed by atoms with E-state index in [-0.39, 0.29) is 59.5 Å². The van der Waals surface area contributed by atoms with Crippen LogP contribution in [0.15, 0.2) is 60.1 Å². The number of hydrogen-bond acceptors (Lipinski definition) is 4. The van der Waals surface area contributed by atoms with Gasteiger partial charge < -0.3 is 15.2 Å². The van der Waals surface area contributed by atoms with E-state index in [0.717, 1.165) is 25.1 Å². The van der Waals surface area contributed by atoms with Crippen molar-refractivity contribution < 1.29 is 9.59 Å². The molecule has 180 valence electrons. The van der Waals surface area contributed by atoms with E-state index in [1.807, 2.05) is 30.1 Å². The summed E-state index contributed by atoms with van der Waals surface area (Å²) in [5.74, 6) is 0.905. The number of halogens is 1. The number of imide groups is 1. The number of nitrogens with one attached hydrogen (secondary N) is 2. The molecule has 3 aliphatic rings. The summed E-state index contributed by atoms with van der Waals surface area (Å²) in [5, 5.41) is 6.52. The van der Waals surface area contributed by atoms with Crippen molar-refractivity contribution in [2.75, 3.05) is 19.6 Å². The highest BCUT2D eigenvalue weighted by atomic mass is 127. The van der Waals surface area contributed by atoms with Gasteiger partial charge in [-0.05, 0) is 36.3 Å². The molecule has 0 spiro atoms. The summed E-state index contributed by atoms with van der Waals surface area (Å²) in [7, 11) is 0. The minimum absolute atomic E-state index is 0. The molecule has 2 amide bonds. The molecule has 9 heteroatoms. The molecule has 2 bridgehead atoms. The first-order chi connectivity index (χ1) is 16.1. The zero-order valence-electron chi connectivity index (χ0n) is 19.3. The fourth-order valence-electron chi connectivity index (χ4n) is 5.40. The molecular formula is C25H31IN6O2.